The van der Waals surface area contributed by atoms with Crippen LogP contribution in [-0.4, -0.2) is 41.3 Å². The standard InChI is InChI=1S/C7H12N2O5/c10-5(11)1-3-8-7(14)9-4-2-6(12)13/h1-4H2,(H,10,11)(H,12,13)(H2,8,9,14). The lowest BCUT2D eigenvalue weighted by molar-refractivity contribution is -0.137. The van der Waals surface area contributed by atoms with Gasteiger partial charge in [-0.3, -0.25) is 9.59 Å². The number of carboxylic acid groups (broad SMARTS) is 2. The Morgan fingerprint density at radius 1 is 0.857 bits per heavy atom. The average molecular weight is 204 g/mol. The van der Waals surface area contributed by atoms with Gasteiger partial charge in [-0.15, -0.1) is 0 Å². The van der Waals surface area contributed by atoms with Gasteiger partial charge in [-0.1, -0.05) is 0 Å². The molecular formula is C7H12N2O5. The molecule has 0 rings (SSSR count). The Bertz CT molecular complexity index is 206. The topological polar surface area (TPSA) is 116 Å². The van der Waals surface area contributed by atoms with Crippen molar-refractivity contribution in [2.75, 3.05) is 13.1 Å². The van der Waals surface area contributed by atoms with Crippen molar-refractivity contribution < 1.29 is 24.6 Å². The molecule has 0 aliphatic rings. The van der Waals surface area contributed by atoms with Gasteiger partial charge in [0.05, 0.1) is 12.8 Å². The Morgan fingerprint density at radius 2 is 1.21 bits per heavy atom. The summed E-state index contributed by atoms with van der Waals surface area (Å²) in [5.74, 6) is -2.01. The number of carboxylic acids is 2. The van der Waals surface area contributed by atoms with Crippen molar-refractivity contribution in [1.82, 2.24) is 10.6 Å². The zero-order valence-electron chi connectivity index (χ0n) is 7.45. The highest BCUT2D eigenvalue weighted by molar-refractivity contribution is 5.75. The van der Waals surface area contributed by atoms with Crippen LogP contribution in [0.5, 0.6) is 0 Å². The second-order valence-corrected chi connectivity index (χ2v) is 2.47. The number of nitrogens with one attached hydrogen (secondary N) is 2. The van der Waals surface area contributed by atoms with E-state index in [1.807, 2.05) is 0 Å². The van der Waals surface area contributed by atoms with Gasteiger partial charge in [-0.05, 0) is 0 Å². The predicted molar refractivity (Wildman–Crippen MR) is 45.9 cm³/mol. The Labute approximate surface area is 80.1 Å². The third-order valence-corrected chi connectivity index (χ3v) is 1.25. The Hall–Kier alpha value is -1.79. The number of hydrogen-bond donors (Lipinski definition) is 4. The molecule has 0 aliphatic heterocycles. The smallest absolute Gasteiger partial charge is 0.314 e. The number of carbonyl (C=O) groups is 3. The minimum absolute atomic E-state index is 0.0221. The van der Waals surface area contributed by atoms with E-state index in [1.165, 1.54) is 0 Å². The van der Waals surface area contributed by atoms with Crippen molar-refractivity contribution in [1.29, 1.82) is 0 Å². The highest BCUT2D eigenvalue weighted by Crippen LogP contribution is 1.77. The van der Waals surface area contributed by atoms with Gasteiger partial charge in [0.15, 0.2) is 0 Å². The van der Waals surface area contributed by atoms with Crippen LogP contribution < -0.4 is 10.6 Å². The molecule has 2 amide bonds. The second-order valence-electron chi connectivity index (χ2n) is 2.47. The molecule has 0 aromatic heterocycles. The van der Waals surface area contributed by atoms with E-state index in [0.717, 1.165) is 0 Å². The highest BCUT2D eigenvalue weighted by Gasteiger charge is 2.02. The molecule has 7 nitrogen and oxygen atoms in total. The first-order valence-electron chi connectivity index (χ1n) is 3.97. The Morgan fingerprint density at radius 3 is 1.50 bits per heavy atom. The zero-order chi connectivity index (χ0) is 11.0. The molecule has 0 saturated heterocycles. The zero-order valence-corrected chi connectivity index (χ0v) is 7.45. The molecule has 0 unspecified atom stereocenters. The van der Waals surface area contributed by atoms with Crippen LogP contribution in [-0.2, 0) is 9.59 Å². The number of carbonyl (C=O) groups excluding carboxylic acids is 1. The van der Waals surface area contributed by atoms with E-state index in [4.69, 9.17) is 10.2 Å². The van der Waals surface area contributed by atoms with Gasteiger partial charge in [-0.25, -0.2) is 4.79 Å². The summed E-state index contributed by atoms with van der Waals surface area (Å²) in [5.41, 5.74) is 0. The van der Waals surface area contributed by atoms with Crippen molar-refractivity contribution in [2.24, 2.45) is 0 Å². The molecular weight excluding hydrogens is 192 g/mol. The Kier molecular flexibility index (Phi) is 5.84. The predicted octanol–water partition coefficient (Wildman–Crippen LogP) is -0.765. The van der Waals surface area contributed by atoms with Crippen LogP contribution in [0, 0.1) is 0 Å². The van der Waals surface area contributed by atoms with Crippen LogP contribution in [0.4, 0.5) is 4.79 Å². The van der Waals surface area contributed by atoms with E-state index >= 15 is 0 Å². The van der Waals surface area contributed by atoms with Crippen LogP contribution in [0.15, 0.2) is 0 Å². The molecule has 0 fully saturated rings. The fourth-order valence-corrected chi connectivity index (χ4v) is 0.628. The molecule has 4 N–H and O–H groups in total. The van der Waals surface area contributed by atoms with E-state index in [9.17, 15) is 14.4 Å². The molecule has 0 saturated carbocycles. The van der Waals surface area contributed by atoms with E-state index in [1.54, 1.807) is 0 Å². The highest BCUT2D eigenvalue weighted by atomic mass is 16.4. The summed E-state index contributed by atoms with van der Waals surface area (Å²) in [6.45, 7) is 0.0441. The molecule has 0 aliphatic carbocycles. The molecule has 0 bridgehead atoms. The lowest BCUT2D eigenvalue weighted by Gasteiger charge is -2.04. The molecule has 7 heteroatoms. The van der Waals surface area contributed by atoms with Crippen LogP contribution in [0.1, 0.15) is 12.8 Å². The van der Waals surface area contributed by atoms with Crippen molar-refractivity contribution in [2.45, 2.75) is 12.8 Å². The van der Waals surface area contributed by atoms with E-state index < -0.39 is 18.0 Å². The quantitative estimate of drug-likeness (QED) is 0.453. The maximum Gasteiger partial charge on any atom is 0.314 e. The van der Waals surface area contributed by atoms with Crippen LogP contribution in [0.2, 0.25) is 0 Å². The lowest BCUT2D eigenvalue weighted by atomic mass is 10.4. The minimum Gasteiger partial charge on any atom is -0.481 e. The molecule has 0 atom stereocenters. The van der Waals surface area contributed by atoms with Gasteiger partial charge in [0.25, 0.3) is 0 Å². The first kappa shape index (κ1) is 12.2. The summed E-state index contributed by atoms with van der Waals surface area (Å²) in [7, 11) is 0. The van der Waals surface area contributed by atoms with Gasteiger partial charge >= 0.3 is 18.0 Å². The number of amides is 2. The number of urea groups is 1. The molecule has 80 valence electrons. The van der Waals surface area contributed by atoms with Crippen molar-refractivity contribution >= 4 is 18.0 Å². The van der Waals surface area contributed by atoms with Gasteiger partial charge in [0.2, 0.25) is 0 Å². The van der Waals surface area contributed by atoms with Gasteiger partial charge in [0, 0.05) is 13.1 Å². The van der Waals surface area contributed by atoms with E-state index in [2.05, 4.69) is 10.6 Å². The molecule has 14 heavy (non-hydrogen) atoms. The average Bonchev–Trinajstić information content (AvgIpc) is 2.02. The summed E-state index contributed by atoms with van der Waals surface area (Å²) >= 11 is 0. The van der Waals surface area contributed by atoms with Gasteiger partial charge < -0.3 is 20.8 Å². The summed E-state index contributed by atoms with van der Waals surface area (Å²) in [5, 5.41) is 21.0. The normalized spacial score (nSPS) is 9.14. The maximum atomic E-state index is 10.8. The SMILES string of the molecule is O=C(O)CCNC(=O)NCCC(=O)O. The van der Waals surface area contributed by atoms with Crippen LogP contribution >= 0.6 is 0 Å². The summed E-state index contributed by atoms with van der Waals surface area (Å²) in [6.07, 6.45) is -0.321. The minimum atomic E-state index is -1.00. The van der Waals surface area contributed by atoms with Crippen molar-refractivity contribution in [3.8, 4) is 0 Å². The third kappa shape index (κ3) is 8.31. The molecule has 0 spiro atoms. The molecule has 0 radical (unpaired) electrons. The number of aliphatic carboxylic acids is 2. The fourth-order valence-electron chi connectivity index (χ4n) is 0.628. The summed E-state index contributed by atoms with van der Waals surface area (Å²) in [4.78, 5) is 30.9. The van der Waals surface area contributed by atoms with Crippen LogP contribution in [0.3, 0.4) is 0 Å². The van der Waals surface area contributed by atoms with Gasteiger partial charge in [0.1, 0.15) is 0 Å². The van der Waals surface area contributed by atoms with E-state index in [0.29, 0.717) is 0 Å². The maximum absolute atomic E-state index is 10.8. The molecule has 0 aromatic carbocycles. The number of rotatable bonds is 6. The second kappa shape index (κ2) is 6.70. The van der Waals surface area contributed by atoms with E-state index in [-0.39, 0.29) is 25.9 Å². The molecule has 0 aromatic rings. The number of hydrogen-bond acceptors (Lipinski definition) is 3. The molecule has 0 heterocycles. The third-order valence-electron chi connectivity index (χ3n) is 1.25. The van der Waals surface area contributed by atoms with Gasteiger partial charge in [-0.2, -0.15) is 0 Å². The summed E-state index contributed by atoms with van der Waals surface area (Å²) < 4.78 is 0. The lowest BCUT2D eigenvalue weighted by Crippen LogP contribution is -2.37. The Balaban J connectivity index is 3.37. The monoisotopic (exact) mass is 204 g/mol. The summed E-state index contributed by atoms with van der Waals surface area (Å²) in [6, 6.07) is -0.562. The van der Waals surface area contributed by atoms with Crippen molar-refractivity contribution in [3.05, 3.63) is 0 Å². The largest absolute Gasteiger partial charge is 0.481 e. The first-order chi connectivity index (χ1) is 6.52. The first-order valence-corrected chi connectivity index (χ1v) is 3.97. The van der Waals surface area contributed by atoms with Crippen LogP contribution in [0.25, 0.3) is 0 Å². The van der Waals surface area contributed by atoms with Crippen molar-refractivity contribution in [3.63, 3.8) is 0 Å². The fraction of sp³-hybridized carbons (Fsp3) is 0.571.